The molecule has 0 aliphatic carbocycles. The van der Waals surface area contributed by atoms with Gasteiger partial charge < -0.3 is 19.3 Å². The molecule has 176 valence electrons. The number of carbonyl (C=O) groups excluding carboxylic acids is 1. The standard InChI is InChI=1S/C25H24N2O6S/c1-5-33-24(30)21-14(2)26-25-27(22(21)16-8-6-7-9-18(16)31-3)23(29)20(34-25)13-15-10-11-17(28)19(12-15)32-4/h6-13,22,28H,5H2,1-4H3/b20-13-/t22-/m1/s1. The molecule has 0 unspecified atom stereocenters. The highest BCUT2D eigenvalue weighted by Gasteiger charge is 2.34. The van der Waals surface area contributed by atoms with Crippen LogP contribution in [0.2, 0.25) is 0 Å². The number of hydrogen-bond donors (Lipinski definition) is 1. The molecule has 0 spiro atoms. The molecule has 1 aromatic heterocycles. The van der Waals surface area contributed by atoms with Gasteiger partial charge in [0.1, 0.15) is 11.8 Å². The number of rotatable bonds is 6. The first-order chi connectivity index (χ1) is 16.4. The normalized spacial score (nSPS) is 15.5. The van der Waals surface area contributed by atoms with Crippen molar-refractivity contribution in [1.29, 1.82) is 0 Å². The van der Waals surface area contributed by atoms with Gasteiger partial charge in [0.05, 0.1) is 36.6 Å². The number of para-hydroxylation sites is 1. The van der Waals surface area contributed by atoms with E-state index in [4.69, 9.17) is 14.2 Å². The van der Waals surface area contributed by atoms with Gasteiger partial charge in [-0.15, -0.1) is 0 Å². The van der Waals surface area contributed by atoms with Crippen molar-refractivity contribution < 1.29 is 24.1 Å². The lowest BCUT2D eigenvalue weighted by Gasteiger charge is -2.25. The van der Waals surface area contributed by atoms with Gasteiger partial charge in [0.15, 0.2) is 16.3 Å². The van der Waals surface area contributed by atoms with Crippen LogP contribution in [-0.4, -0.2) is 36.5 Å². The van der Waals surface area contributed by atoms with E-state index in [0.29, 0.717) is 37.7 Å². The summed E-state index contributed by atoms with van der Waals surface area (Å²) in [5.74, 6) is 0.319. The van der Waals surface area contributed by atoms with Crippen molar-refractivity contribution in [3.05, 3.63) is 84.5 Å². The maximum absolute atomic E-state index is 13.6. The van der Waals surface area contributed by atoms with Crippen LogP contribution < -0.4 is 24.4 Å². The molecule has 34 heavy (non-hydrogen) atoms. The second kappa shape index (κ2) is 9.56. The van der Waals surface area contributed by atoms with Crippen molar-refractivity contribution in [2.75, 3.05) is 20.8 Å². The van der Waals surface area contributed by atoms with E-state index in [1.165, 1.54) is 29.1 Å². The fraction of sp³-hybridized carbons (Fsp3) is 0.240. The van der Waals surface area contributed by atoms with E-state index in [9.17, 15) is 14.7 Å². The molecule has 1 aliphatic rings. The van der Waals surface area contributed by atoms with Crippen LogP contribution in [-0.2, 0) is 9.53 Å². The smallest absolute Gasteiger partial charge is 0.338 e. The van der Waals surface area contributed by atoms with Gasteiger partial charge in [-0.25, -0.2) is 9.79 Å². The predicted molar refractivity (Wildman–Crippen MR) is 128 cm³/mol. The quantitative estimate of drug-likeness (QED) is 0.545. The van der Waals surface area contributed by atoms with Gasteiger partial charge in [-0.1, -0.05) is 35.6 Å². The number of phenols is 1. The number of phenolic OH excluding ortho intramolecular Hbond substituents is 1. The zero-order chi connectivity index (χ0) is 24.4. The van der Waals surface area contributed by atoms with E-state index in [1.54, 1.807) is 45.2 Å². The number of esters is 1. The van der Waals surface area contributed by atoms with Gasteiger partial charge in [-0.2, -0.15) is 0 Å². The summed E-state index contributed by atoms with van der Waals surface area (Å²) in [7, 11) is 3.00. The van der Waals surface area contributed by atoms with Gasteiger partial charge in [0, 0.05) is 5.56 Å². The molecule has 0 saturated heterocycles. The molecule has 0 saturated carbocycles. The highest BCUT2D eigenvalue weighted by molar-refractivity contribution is 7.07. The first kappa shape index (κ1) is 23.3. The Bertz CT molecular complexity index is 1470. The van der Waals surface area contributed by atoms with Crippen LogP contribution in [0.1, 0.15) is 31.0 Å². The van der Waals surface area contributed by atoms with Gasteiger partial charge in [0.2, 0.25) is 0 Å². The number of thiazole rings is 1. The van der Waals surface area contributed by atoms with Crippen molar-refractivity contribution in [3.63, 3.8) is 0 Å². The molecule has 1 atom stereocenters. The van der Waals surface area contributed by atoms with E-state index < -0.39 is 12.0 Å². The van der Waals surface area contributed by atoms with Gasteiger partial charge in [-0.3, -0.25) is 9.36 Å². The molecule has 3 aromatic rings. The van der Waals surface area contributed by atoms with Crippen LogP contribution in [0.5, 0.6) is 17.2 Å². The zero-order valence-corrected chi connectivity index (χ0v) is 20.0. The fourth-order valence-electron chi connectivity index (χ4n) is 3.91. The average molecular weight is 481 g/mol. The molecule has 0 bridgehead atoms. The minimum Gasteiger partial charge on any atom is -0.504 e. The summed E-state index contributed by atoms with van der Waals surface area (Å²) in [6, 6.07) is 11.3. The Morgan fingerprint density at radius 2 is 1.91 bits per heavy atom. The second-order valence-electron chi connectivity index (χ2n) is 7.48. The maximum Gasteiger partial charge on any atom is 0.338 e. The summed E-state index contributed by atoms with van der Waals surface area (Å²) in [6.07, 6.45) is 1.70. The molecular formula is C25H24N2O6S. The number of fused-ring (bicyclic) bond motifs is 1. The summed E-state index contributed by atoms with van der Waals surface area (Å²) < 4.78 is 18.0. The van der Waals surface area contributed by atoms with Gasteiger partial charge >= 0.3 is 5.97 Å². The van der Waals surface area contributed by atoms with Crippen LogP contribution in [0.25, 0.3) is 6.08 Å². The molecule has 0 fully saturated rings. The van der Waals surface area contributed by atoms with Crippen molar-refractivity contribution >= 4 is 23.4 Å². The molecule has 1 aliphatic heterocycles. The summed E-state index contributed by atoms with van der Waals surface area (Å²) >= 11 is 1.21. The number of aromatic hydroxyl groups is 1. The number of ether oxygens (including phenoxy) is 3. The van der Waals surface area contributed by atoms with Crippen molar-refractivity contribution in [2.45, 2.75) is 19.9 Å². The first-order valence-corrected chi connectivity index (χ1v) is 11.4. The zero-order valence-electron chi connectivity index (χ0n) is 19.2. The third-order valence-electron chi connectivity index (χ3n) is 5.45. The minimum absolute atomic E-state index is 0.00647. The molecule has 0 amide bonds. The average Bonchev–Trinajstić information content (AvgIpc) is 3.13. The van der Waals surface area contributed by atoms with Crippen LogP contribution in [0.4, 0.5) is 0 Å². The van der Waals surface area contributed by atoms with Crippen LogP contribution in [0, 0.1) is 0 Å². The lowest BCUT2D eigenvalue weighted by Crippen LogP contribution is -2.40. The molecular weight excluding hydrogens is 456 g/mol. The molecule has 0 radical (unpaired) electrons. The SMILES string of the molecule is CCOC(=O)C1=C(C)N=c2s/c(=C\c3ccc(O)c(OC)c3)c(=O)n2[C@@H]1c1ccccc1OC. The summed E-state index contributed by atoms with van der Waals surface area (Å²) in [4.78, 5) is 31.6. The predicted octanol–water partition coefficient (Wildman–Crippen LogP) is 2.52. The Hall–Kier alpha value is -3.85. The molecule has 2 heterocycles. The van der Waals surface area contributed by atoms with Gasteiger partial charge in [0.25, 0.3) is 5.56 Å². The molecule has 4 rings (SSSR count). The third kappa shape index (κ3) is 4.10. The maximum atomic E-state index is 13.6. The number of hydrogen-bond acceptors (Lipinski definition) is 8. The Kier molecular flexibility index (Phi) is 6.56. The van der Waals surface area contributed by atoms with E-state index in [2.05, 4.69) is 4.99 Å². The van der Waals surface area contributed by atoms with E-state index in [1.807, 2.05) is 18.2 Å². The number of benzene rings is 2. The van der Waals surface area contributed by atoms with Crippen molar-refractivity contribution in [3.8, 4) is 17.2 Å². The van der Waals surface area contributed by atoms with Crippen molar-refractivity contribution in [2.24, 2.45) is 4.99 Å². The molecule has 1 N–H and O–H groups in total. The molecule has 2 aromatic carbocycles. The third-order valence-corrected chi connectivity index (χ3v) is 6.44. The van der Waals surface area contributed by atoms with Crippen molar-refractivity contribution in [1.82, 2.24) is 4.57 Å². The number of allylic oxidation sites excluding steroid dienone is 1. The Labute approximate surface area is 199 Å². The second-order valence-corrected chi connectivity index (χ2v) is 8.48. The van der Waals surface area contributed by atoms with E-state index in [0.717, 1.165) is 0 Å². The topological polar surface area (TPSA) is 99.4 Å². The Morgan fingerprint density at radius 3 is 2.62 bits per heavy atom. The Morgan fingerprint density at radius 1 is 1.18 bits per heavy atom. The van der Waals surface area contributed by atoms with Crippen LogP contribution in [0.15, 0.2) is 63.5 Å². The van der Waals surface area contributed by atoms with E-state index in [-0.39, 0.29) is 23.5 Å². The minimum atomic E-state index is -0.761. The lowest BCUT2D eigenvalue weighted by molar-refractivity contribution is -0.139. The highest BCUT2D eigenvalue weighted by Crippen LogP contribution is 2.35. The monoisotopic (exact) mass is 480 g/mol. The number of methoxy groups -OCH3 is 2. The number of nitrogens with zero attached hydrogens (tertiary/aromatic N) is 2. The summed E-state index contributed by atoms with van der Waals surface area (Å²) in [5.41, 5.74) is 1.79. The Balaban J connectivity index is 1.97. The van der Waals surface area contributed by atoms with E-state index >= 15 is 0 Å². The van der Waals surface area contributed by atoms with Crippen LogP contribution >= 0.6 is 11.3 Å². The summed E-state index contributed by atoms with van der Waals surface area (Å²) in [5, 5.41) is 9.87. The molecule has 9 heteroatoms. The van der Waals surface area contributed by atoms with Crippen LogP contribution in [0.3, 0.4) is 0 Å². The van der Waals surface area contributed by atoms with Gasteiger partial charge in [-0.05, 0) is 43.7 Å². The number of aromatic nitrogens is 1. The summed E-state index contributed by atoms with van der Waals surface area (Å²) in [6.45, 7) is 3.66. The lowest BCUT2D eigenvalue weighted by atomic mass is 9.95. The molecule has 8 nitrogen and oxygen atoms in total. The highest BCUT2D eigenvalue weighted by atomic mass is 32.1. The fourth-order valence-corrected chi connectivity index (χ4v) is 4.96. The first-order valence-electron chi connectivity index (χ1n) is 10.6. The number of carbonyl (C=O) groups is 1. The largest absolute Gasteiger partial charge is 0.504 e.